The van der Waals surface area contributed by atoms with Gasteiger partial charge in [0, 0.05) is 7.97 Å². The molecule has 0 bridgehead atoms. The monoisotopic (exact) mass is 220 g/mol. The Labute approximate surface area is 97.9 Å². The van der Waals surface area contributed by atoms with Crippen LogP contribution < -0.4 is 5.32 Å². The molecule has 3 heteroatoms. The van der Waals surface area contributed by atoms with E-state index in [1.54, 1.807) is 0 Å². The average Bonchev–Trinajstić information content (AvgIpc) is 2.81. The van der Waals surface area contributed by atoms with E-state index in [1.165, 1.54) is 12.8 Å². The number of rotatable bonds is 4. The van der Waals surface area contributed by atoms with E-state index >= 15 is 0 Å². The molecule has 1 aromatic rings. The zero-order valence-corrected chi connectivity index (χ0v) is 9.48. The first-order valence-electron chi connectivity index (χ1n) is 5.87. The lowest BCUT2D eigenvalue weighted by atomic mass is 10.2. The molecule has 1 aromatic carbocycles. The summed E-state index contributed by atoms with van der Waals surface area (Å²) in [6, 6.07) is 10.0. The number of nitrogens with zero attached hydrogens (tertiary/aromatic N) is 1. The number of benzene rings is 1. The number of hydrogen-bond acceptors (Lipinski definition) is 2. The van der Waals surface area contributed by atoms with Crippen LogP contribution in [0.15, 0.2) is 30.3 Å². The molecule has 0 radical (unpaired) electrons. The average molecular weight is 220 g/mol. The first-order chi connectivity index (χ1) is 7.84. The van der Waals surface area contributed by atoms with Crippen LogP contribution in [0.2, 0.25) is 0 Å². The van der Waals surface area contributed by atoms with Gasteiger partial charge >= 0.3 is 0 Å². The molecule has 0 aromatic heterocycles. The Balaban J connectivity index is 0.00000144. The summed E-state index contributed by atoms with van der Waals surface area (Å²) in [4.78, 5) is 13.8. The number of hydrogen-bond donors (Lipinski definition) is 1. The molecule has 16 heavy (non-hydrogen) atoms. The molecule has 0 atom stereocenters. The summed E-state index contributed by atoms with van der Waals surface area (Å²) in [5.74, 6) is 0.130. The van der Waals surface area contributed by atoms with Gasteiger partial charge in [-0.3, -0.25) is 9.69 Å². The third-order valence-corrected chi connectivity index (χ3v) is 2.90. The van der Waals surface area contributed by atoms with Crippen molar-refractivity contribution >= 4 is 5.91 Å². The molecule has 3 nitrogen and oxygen atoms in total. The first kappa shape index (κ1) is 11.1. The van der Waals surface area contributed by atoms with Crippen LogP contribution in [0, 0.1) is 0 Å². The fourth-order valence-corrected chi connectivity index (χ4v) is 2.00. The van der Waals surface area contributed by atoms with Crippen LogP contribution in [0.3, 0.4) is 0 Å². The van der Waals surface area contributed by atoms with Crippen LogP contribution >= 0.6 is 0 Å². The molecular weight excluding hydrogens is 200 g/mol. The molecular formula is C13H20N2O. The standard InChI is InChI=1S/C13H18N2O.H2/c16-13(11-15-8-4-5-9-15)14-10-12-6-2-1-3-7-12;/h1-3,6-7H,4-5,8-11H2,(H,14,16);1H. The Hall–Kier alpha value is -1.35. The van der Waals surface area contributed by atoms with Gasteiger partial charge in [-0.2, -0.15) is 0 Å². The Kier molecular flexibility index (Phi) is 3.94. The topological polar surface area (TPSA) is 32.3 Å². The smallest absolute Gasteiger partial charge is 0.234 e. The zero-order valence-electron chi connectivity index (χ0n) is 9.48. The highest BCUT2D eigenvalue weighted by Crippen LogP contribution is 2.06. The van der Waals surface area contributed by atoms with Crippen LogP contribution in [-0.2, 0) is 11.3 Å². The van der Waals surface area contributed by atoms with Crippen molar-refractivity contribution < 1.29 is 6.22 Å². The van der Waals surface area contributed by atoms with Crippen LogP contribution in [0.5, 0.6) is 0 Å². The Morgan fingerprint density at radius 2 is 1.94 bits per heavy atom. The minimum atomic E-state index is 0. The van der Waals surface area contributed by atoms with Gasteiger partial charge in [0.1, 0.15) is 0 Å². The van der Waals surface area contributed by atoms with Crippen molar-refractivity contribution in [2.75, 3.05) is 19.6 Å². The maximum Gasteiger partial charge on any atom is 0.234 e. The first-order valence-corrected chi connectivity index (χ1v) is 5.87. The summed E-state index contributed by atoms with van der Waals surface area (Å²) in [6.45, 7) is 3.32. The third-order valence-electron chi connectivity index (χ3n) is 2.90. The molecule has 1 saturated heterocycles. The highest BCUT2D eigenvalue weighted by Gasteiger charge is 2.14. The number of nitrogens with one attached hydrogen (secondary N) is 1. The van der Waals surface area contributed by atoms with E-state index in [0.717, 1.165) is 18.7 Å². The summed E-state index contributed by atoms with van der Waals surface area (Å²) in [5, 5.41) is 2.95. The van der Waals surface area contributed by atoms with Crippen molar-refractivity contribution in [1.29, 1.82) is 0 Å². The molecule has 1 aliphatic heterocycles. The number of likely N-dealkylation sites (tertiary alicyclic amines) is 1. The number of carbonyl (C=O) groups excluding carboxylic acids is 1. The molecule has 0 saturated carbocycles. The second-order valence-electron chi connectivity index (χ2n) is 4.25. The molecule has 2 rings (SSSR count). The van der Waals surface area contributed by atoms with Crippen LogP contribution in [0.1, 0.15) is 19.8 Å². The summed E-state index contributed by atoms with van der Waals surface area (Å²) in [7, 11) is 0. The van der Waals surface area contributed by atoms with Gasteiger partial charge in [0.05, 0.1) is 6.54 Å². The van der Waals surface area contributed by atoms with Crippen LogP contribution in [-0.4, -0.2) is 30.4 Å². The fourth-order valence-electron chi connectivity index (χ4n) is 2.00. The predicted molar refractivity (Wildman–Crippen MR) is 66.1 cm³/mol. The van der Waals surface area contributed by atoms with Gasteiger partial charge in [-0.05, 0) is 31.5 Å². The molecule has 1 amide bonds. The normalized spacial score (nSPS) is 16.2. The molecule has 0 unspecified atom stereocenters. The van der Waals surface area contributed by atoms with Gasteiger partial charge in [-0.25, -0.2) is 0 Å². The zero-order chi connectivity index (χ0) is 11.2. The third kappa shape index (κ3) is 3.35. The molecule has 0 aliphatic carbocycles. The molecule has 1 fully saturated rings. The van der Waals surface area contributed by atoms with Gasteiger partial charge in [-0.1, -0.05) is 30.3 Å². The Morgan fingerprint density at radius 1 is 1.25 bits per heavy atom. The number of amides is 1. The van der Waals surface area contributed by atoms with Crippen molar-refractivity contribution in [3.05, 3.63) is 35.9 Å². The second kappa shape index (κ2) is 5.66. The summed E-state index contributed by atoms with van der Waals surface area (Å²) >= 11 is 0. The lowest BCUT2D eigenvalue weighted by Crippen LogP contribution is -2.35. The van der Waals surface area contributed by atoms with E-state index in [2.05, 4.69) is 10.2 Å². The Bertz CT molecular complexity index is 337. The molecule has 88 valence electrons. The van der Waals surface area contributed by atoms with Crippen molar-refractivity contribution in [1.82, 2.24) is 10.2 Å². The van der Waals surface area contributed by atoms with E-state index in [-0.39, 0.29) is 7.33 Å². The van der Waals surface area contributed by atoms with E-state index in [4.69, 9.17) is 0 Å². The fraction of sp³-hybridized carbons (Fsp3) is 0.462. The van der Waals surface area contributed by atoms with Gasteiger partial charge < -0.3 is 5.32 Å². The van der Waals surface area contributed by atoms with Gasteiger partial charge in [0.15, 0.2) is 0 Å². The van der Waals surface area contributed by atoms with Gasteiger partial charge in [-0.15, -0.1) is 0 Å². The highest BCUT2D eigenvalue weighted by molar-refractivity contribution is 5.78. The predicted octanol–water partition coefficient (Wildman–Crippen LogP) is 1.64. The van der Waals surface area contributed by atoms with Gasteiger partial charge in [0.2, 0.25) is 5.91 Å². The van der Waals surface area contributed by atoms with Crippen LogP contribution in [0.4, 0.5) is 0 Å². The van der Waals surface area contributed by atoms with Crippen molar-refractivity contribution in [3.8, 4) is 0 Å². The molecule has 0 spiro atoms. The molecule has 1 N–H and O–H groups in total. The second-order valence-corrected chi connectivity index (χ2v) is 4.25. The summed E-state index contributed by atoms with van der Waals surface area (Å²) in [5.41, 5.74) is 1.15. The van der Waals surface area contributed by atoms with Crippen molar-refractivity contribution in [2.45, 2.75) is 19.4 Å². The highest BCUT2D eigenvalue weighted by atomic mass is 16.2. The maximum absolute atomic E-state index is 11.6. The minimum absolute atomic E-state index is 0. The molecule has 1 aliphatic rings. The van der Waals surface area contributed by atoms with E-state index in [1.807, 2.05) is 30.3 Å². The van der Waals surface area contributed by atoms with Crippen LogP contribution in [0.25, 0.3) is 0 Å². The van der Waals surface area contributed by atoms with E-state index < -0.39 is 0 Å². The lowest BCUT2D eigenvalue weighted by molar-refractivity contribution is -0.122. The van der Waals surface area contributed by atoms with Crippen molar-refractivity contribution in [2.24, 2.45) is 0 Å². The summed E-state index contributed by atoms with van der Waals surface area (Å²) in [6.07, 6.45) is 2.46. The maximum atomic E-state index is 11.6. The van der Waals surface area contributed by atoms with E-state index in [9.17, 15) is 4.79 Å². The lowest BCUT2D eigenvalue weighted by Gasteiger charge is -2.13. The van der Waals surface area contributed by atoms with Crippen molar-refractivity contribution in [3.63, 3.8) is 0 Å². The molecule has 1 heterocycles. The quantitative estimate of drug-likeness (QED) is 0.836. The largest absolute Gasteiger partial charge is 0.351 e. The SMILES string of the molecule is O=C(CN1CCCC1)NCc1ccccc1.[HH]. The minimum Gasteiger partial charge on any atom is -0.351 e. The number of carbonyl (C=O) groups is 1. The van der Waals surface area contributed by atoms with Gasteiger partial charge in [0.25, 0.3) is 0 Å². The van der Waals surface area contributed by atoms with E-state index in [0.29, 0.717) is 13.1 Å². The Morgan fingerprint density at radius 3 is 2.62 bits per heavy atom. The summed E-state index contributed by atoms with van der Waals surface area (Å²) < 4.78 is 0.